The Morgan fingerprint density at radius 3 is 2.75 bits per heavy atom. The molecule has 1 saturated heterocycles. The molecule has 0 radical (unpaired) electrons. The van der Waals surface area contributed by atoms with Crippen LogP contribution in [0.1, 0.15) is 12.0 Å². The molecule has 1 atom stereocenters. The number of hydrogen-bond acceptors (Lipinski definition) is 3. The molecule has 1 aliphatic rings. The van der Waals surface area contributed by atoms with E-state index in [1.54, 1.807) is 6.08 Å². The van der Waals surface area contributed by atoms with Gasteiger partial charge < -0.3 is 10.0 Å². The summed E-state index contributed by atoms with van der Waals surface area (Å²) in [4.78, 5) is 2.06. The van der Waals surface area contributed by atoms with Crippen molar-refractivity contribution in [3.63, 3.8) is 0 Å². The second-order valence-electron chi connectivity index (χ2n) is 3.91. The summed E-state index contributed by atoms with van der Waals surface area (Å²) in [6, 6.07) is 11.9. The van der Waals surface area contributed by atoms with Crippen molar-refractivity contribution < 1.29 is 5.11 Å². The largest absolute Gasteiger partial charge is 0.391 e. The van der Waals surface area contributed by atoms with Crippen LogP contribution in [0, 0.1) is 11.3 Å². The highest BCUT2D eigenvalue weighted by molar-refractivity contribution is 5.66. The van der Waals surface area contributed by atoms with Crippen molar-refractivity contribution in [1.82, 2.24) is 4.90 Å². The first-order chi connectivity index (χ1) is 7.81. The fraction of sp³-hybridized carbons (Fsp3) is 0.308. The lowest BCUT2D eigenvalue weighted by molar-refractivity contribution is 0.187. The van der Waals surface area contributed by atoms with E-state index in [1.165, 1.54) is 0 Å². The van der Waals surface area contributed by atoms with E-state index in [1.807, 2.05) is 30.3 Å². The summed E-state index contributed by atoms with van der Waals surface area (Å²) >= 11 is 0. The van der Waals surface area contributed by atoms with Crippen molar-refractivity contribution >= 4 is 5.70 Å². The van der Waals surface area contributed by atoms with E-state index in [0.29, 0.717) is 6.54 Å². The van der Waals surface area contributed by atoms with E-state index in [9.17, 15) is 5.11 Å². The highest BCUT2D eigenvalue weighted by Crippen LogP contribution is 2.23. The molecule has 1 aromatic rings. The average Bonchev–Trinajstić information content (AvgIpc) is 2.74. The van der Waals surface area contributed by atoms with Crippen molar-refractivity contribution in [3.8, 4) is 6.07 Å². The van der Waals surface area contributed by atoms with Crippen LogP contribution in [-0.2, 0) is 0 Å². The lowest BCUT2D eigenvalue weighted by Crippen LogP contribution is -2.20. The number of aliphatic hydroxyl groups is 1. The molecule has 0 spiro atoms. The molecule has 1 aliphatic heterocycles. The number of nitriles is 1. The highest BCUT2D eigenvalue weighted by atomic mass is 16.3. The molecule has 2 rings (SSSR count). The van der Waals surface area contributed by atoms with Gasteiger partial charge in [0.15, 0.2) is 0 Å². The van der Waals surface area contributed by atoms with Gasteiger partial charge in [-0.2, -0.15) is 5.26 Å². The molecule has 16 heavy (non-hydrogen) atoms. The Bertz CT molecular complexity index is 419. The summed E-state index contributed by atoms with van der Waals surface area (Å²) in [5.41, 5.74) is 1.93. The predicted molar refractivity (Wildman–Crippen MR) is 62.2 cm³/mol. The first kappa shape index (κ1) is 10.7. The zero-order chi connectivity index (χ0) is 11.4. The van der Waals surface area contributed by atoms with Gasteiger partial charge in [-0.3, -0.25) is 0 Å². The molecule has 3 heteroatoms. The summed E-state index contributed by atoms with van der Waals surface area (Å²) in [6.07, 6.45) is 2.05. The number of hydrogen-bond donors (Lipinski definition) is 1. The van der Waals surface area contributed by atoms with Gasteiger partial charge in [-0.15, -0.1) is 0 Å². The fourth-order valence-corrected chi connectivity index (χ4v) is 1.99. The van der Waals surface area contributed by atoms with E-state index in [0.717, 1.165) is 24.2 Å². The van der Waals surface area contributed by atoms with E-state index >= 15 is 0 Å². The van der Waals surface area contributed by atoms with Crippen molar-refractivity contribution in [2.45, 2.75) is 12.5 Å². The van der Waals surface area contributed by atoms with E-state index < -0.39 is 0 Å². The quantitative estimate of drug-likeness (QED) is 0.761. The predicted octanol–water partition coefficient (Wildman–Crippen LogP) is 1.62. The molecule has 82 valence electrons. The third-order valence-corrected chi connectivity index (χ3v) is 2.77. The van der Waals surface area contributed by atoms with Gasteiger partial charge in [0.05, 0.1) is 17.9 Å². The molecule has 1 aromatic carbocycles. The number of β-amino-alcohol motifs (C(OH)–C–C–N with tert-alkyl or cyclic N) is 1. The van der Waals surface area contributed by atoms with Crippen LogP contribution in [-0.4, -0.2) is 29.2 Å². The van der Waals surface area contributed by atoms with E-state index in [2.05, 4.69) is 11.0 Å². The minimum Gasteiger partial charge on any atom is -0.391 e. The van der Waals surface area contributed by atoms with Gasteiger partial charge in [0.1, 0.15) is 0 Å². The number of allylic oxidation sites excluding steroid dienone is 1. The number of aliphatic hydroxyl groups excluding tert-OH is 1. The SMILES string of the molecule is N#C/C=C(\c1ccccc1)N1CC[C@H](O)C1. The number of likely N-dealkylation sites (tertiary alicyclic amines) is 1. The van der Waals surface area contributed by atoms with Crippen LogP contribution < -0.4 is 0 Å². The molecule has 1 heterocycles. The first-order valence-corrected chi connectivity index (χ1v) is 5.39. The molecule has 0 saturated carbocycles. The van der Waals surface area contributed by atoms with Gasteiger partial charge in [0.25, 0.3) is 0 Å². The summed E-state index contributed by atoms with van der Waals surface area (Å²) in [7, 11) is 0. The van der Waals surface area contributed by atoms with Crippen molar-refractivity contribution in [2.24, 2.45) is 0 Å². The third-order valence-electron chi connectivity index (χ3n) is 2.77. The molecule has 3 nitrogen and oxygen atoms in total. The zero-order valence-corrected chi connectivity index (χ0v) is 9.00. The molecule has 0 aliphatic carbocycles. The minimum atomic E-state index is -0.272. The Morgan fingerprint density at radius 2 is 2.19 bits per heavy atom. The van der Waals surface area contributed by atoms with Gasteiger partial charge in [-0.25, -0.2) is 0 Å². The molecule has 1 fully saturated rings. The lowest BCUT2D eigenvalue weighted by atomic mass is 10.1. The molecule has 0 aromatic heterocycles. The minimum absolute atomic E-state index is 0.272. The maximum Gasteiger partial charge on any atom is 0.0934 e. The summed E-state index contributed by atoms with van der Waals surface area (Å²) in [5, 5.41) is 18.3. The summed E-state index contributed by atoms with van der Waals surface area (Å²) in [5.74, 6) is 0. The van der Waals surface area contributed by atoms with Gasteiger partial charge in [-0.05, 0) is 12.0 Å². The fourth-order valence-electron chi connectivity index (χ4n) is 1.99. The maximum absolute atomic E-state index is 9.51. The molecule has 0 unspecified atom stereocenters. The van der Waals surface area contributed by atoms with Crippen LogP contribution in [0.2, 0.25) is 0 Å². The van der Waals surface area contributed by atoms with Gasteiger partial charge in [-0.1, -0.05) is 30.3 Å². The second kappa shape index (κ2) is 4.82. The van der Waals surface area contributed by atoms with Crippen molar-refractivity contribution in [2.75, 3.05) is 13.1 Å². The van der Waals surface area contributed by atoms with Gasteiger partial charge >= 0.3 is 0 Å². The van der Waals surface area contributed by atoms with E-state index in [4.69, 9.17) is 5.26 Å². The molecular weight excluding hydrogens is 200 g/mol. The Hall–Kier alpha value is -1.79. The number of nitrogens with zero attached hydrogens (tertiary/aromatic N) is 2. The van der Waals surface area contributed by atoms with Crippen LogP contribution >= 0.6 is 0 Å². The van der Waals surface area contributed by atoms with Gasteiger partial charge in [0.2, 0.25) is 0 Å². The molecule has 1 N–H and O–H groups in total. The third kappa shape index (κ3) is 2.23. The average molecular weight is 214 g/mol. The standard InChI is InChI=1S/C13H14N2O/c14-8-6-13(11-4-2-1-3-5-11)15-9-7-12(16)10-15/h1-6,12,16H,7,9-10H2/b13-6+/t12-/m0/s1. The van der Waals surface area contributed by atoms with Crippen LogP contribution in [0.4, 0.5) is 0 Å². The lowest BCUT2D eigenvalue weighted by Gasteiger charge is -2.21. The Kier molecular flexibility index (Phi) is 3.23. The topological polar surface area (TPSA) is 47.3 Å². The molecule has 0 bridgehead atoms. The summed E-state index contributed by atoms with van der Waals surface area (Å²) < 4.78 is 0. The molecule has 0 amide bonds. The van der Waals surface area contributed by atoms with Gasteiger partial charge in [0, 0.05) is 19.2 Å². The Balaban J connectivity index is 2.26. The van der Waals surface area contributed by atoms with Crippen molar-refractivity contribution in [3.05, 3.63) is 42.0 Å². The van der Waals surface area contributed by atoms with Crippen LogP contribution in [0.25, 0.3) is 5.70 Å². The Morgan fingerprint density at radius 1 is 1.44 bits per heavy atom. The maximum atomic E-state index is 9.51. The number of benzene rings is 1. The zero-order valence-electron chi connectivity index (χ0n) is 9.00. The summed E-state index contributed by atoms with van der Waals surface area (Å²) in [6.45, 7) is 1.42. The van der Waals surface area contributed by atoms with Crippen LogP contribution in [0.5, 0.6) is 0 Å². The second-order valence-corrected chi connectivity index (χ2v) is 3.91. The monoisotopic (exact) mass is 214 g/mol. The van der Waals surface area contributed by atoms with Crippen molar-refractivity contribution in [1.29, 1.82) is 5.26 Å². The smallest absolute Gasteiger partial charge is 0.0934 e. The normalized spacial score (nSPS) is 20.9. The first-order valence-electron chi connectivity index (χ1n) is 5.39. The Labute approximate surface area is 95.2 Å². The highest BCUT2D eigenvalue weighted by Gasteiger charge is 2.22. The molecular formula is C13H14N2O. The van der Waals surface area contributed by atoms with Crippen LogP contribution in [0.3, 0.4) is 0 Å². The van der Waals surface area contributed by atoms with E-state index in [-0.39, 0.29) is 6.10 Å². The van der Waals surface area contributed by atoms with Crippen LogP contribution in [0.15, 0.2) is 36.4 Å². The number of rotatable bonds is 2.